The number of benzene rings is 1. The molecular weight excluding hydrogens is 318 g/mol. The number of nitrogens with one attached hydrogen (secondary N) is 1. The van der Waals surface area contributed by atoms with Gasteiger partial charge in [0.2, 0.25) is 5.91 Å². The number of esters is 1. The summed E-state index contributed by atoms with van der Waals surface area (Å²) in [7, 11) is 1.26. The first-order valence-electron chi connectivity index (χ1n) is 7.65. The lowest BCUT2D eigenvalue weighted by Gasteiger charge is -2.34. The first kappa shape index (κ1) is 18.1. The number of hydrogen-bond acceptors (Lipinski definition) is 4. The largest absolute Gasteiger partial charge is 0.468 e. The fourth-order valence-electron chi connectivity index (χ4n) is 2.68. The molecule has 5 nitrogen and oxygen atoms in total. The van der Waals surface area contributed by atoms with Crippen LogP contribution in [0.4, 0.5) is 8.78 Å². The van der Waals surface area contributed by atoms with Crippen LogP contribution in [-0.2, 0) is 20.9 Å². The molecule has 1 N–H and O–H groups in total. The van der Waals surface area contributed by atoms with Gasteiger partial charge in [0.05, 0.1) is 13.2 Å². The highest BCUT2D eigenvalue weighted by Gasteiger charge is 2.32. The zero-order valence-corrected chi connectivity index (χ0v) is 13.4. The summed E-state index contributed by atoms with van der Waals surface area (Å²) in [4.78, 5) is 25.7. The van der Waals surface area contributed by atoms with Gasteiger partial charge in [-0.25, -0.2) is 8.78 Å². The number of piperidine rings is 1. The van der Waals surface area contributed by atoms with Crippen LogP contribution < -0.4 is 5.32 Å². The van der Waals surface area contributed by atoms with Crippen LogP contribution in [0.15, 0.2) is 30.9 Å². The van der Waals surface area contributed by atoms with Gasteiger partial charge >= 0.3 is 5.97 Å². The van der Waals surface area contributed by atoms with Crippen molar-refractivity contribution in [1.29, 1.82) is 0 Å². The molecule has 1 aliphatic heterocycles. The Morgan fingerprint density at radius 1 is 1.54 bits per heavy atom. The van der Waals surface area contributed by atoms with Gasteiger partial charge in [0.1, 0.15) is 17.7 Å². The van der Waals surface area contributed by atoms with Gasteiger partial charge in [-0.1, -0.05) is 12.1 Å². The highest BCUT2D eigenvalue weighted by molar-refractivity contribution is 5.84. The third-order valence-corrected chi connectivity index (χ3v) is 3.98. The van der Waals surface area contributed by atoms with Crippen molar-refractivity contribution < 1.29 is 23.1 Å². The summed E-state index contributed by atoms with van der Waals surface area (Å²) < 4.78 is 31.4. The minimum atomic E-state index is -0.786. The second-order valence-electron chi connectivity index (χ2n) is 5.59. The van der Waals surface area contributed by atoms with Crippen molar-refractivity contribution in [2.24, 2.45) is 0 Å². The van der Waals surface area contributed by atoms with Gasteiger partial charge in [0.15, 0.2) is 0 Å². The Labute approximate surface area is 139 Å². The zero-order chi connectivity index (χ0) is 17.7. The van der Waals surface area contributed by atoms with Crippen LogP contribution in [0.1, 0.15) is 18.4 Å². The first-order valence-corrected chi connectivity index (χ1v) is 7.65. The lowest BCUT2D eigenvalue weighted by atomic mass is 10.0. The number of carbonyl (C=O) groups is 2. The van der Waals surface area contributed by atoms with E-state index in [0.717, 1.165) is 12.1 Å². The molecule has 2 atom stereocenters. The third-order valence-electron chi connectivity index (χ3n) is 3.98. The Kier molecular flexibility index (Phi) is 6.03. The Hall–Kier alpha value is -2.28. The molecule has 24 heavy (non-hydrogen) atoms. The molecule has 2 rings (SSSR count). The summed E-state index contributed by atoms with van der Waals surface area (Å²) >= 11 is 0. The summed E-state index contributed by atoms with van der Waals surface area (Å²) in [5.41, 5.74) is 0.249. The molecule has 0 radical (unpaired) electrons. The molecule has 1 amide bonds. The minimum Gasteiger partial charge on any atom is -0.468 e. The van der Waals surface area contributed by atoms with Crippen molar-refractivity contribution in [2.75, 3.05) is 13.7 Å². The third kappa shape index (κ3) is 4.17. The van der Waals surface area contributed by atoms with Crippen LogP contribution in [0.5, 0.6) is 0 Å². The molecule has 0 aromatic heterocycles. The van der Waals surface area contributed by atoms with Crippen LogP contribution >= 0.6 is 0 Å². The van der Waals surface area contributed by atoms with Gasteiger partial charge in [-0.05, 0) is 18.9 Å². The Morgan fingerprint density at radius 3 is 2.92 bits per heavy atom. The molecule has 1 saturated heterocycles. The monoisotopic (exact) mass is 338 g/mol. The second kappa shape index (κ2) is 8.01. The van der Waals surface area contributed by atoms with Crippen LogP contribution in [0.3, 0.4) is 0 Å². The van der Waals surface area contributed by atoms with E-state index in [4.69, 9.17) is 0 Å². The van der Waals surface area contributed by atoms with Gasteiger partial charge in [-0.3, -0.25) is 14.9 Å². The molecule has 1 aliphatic rings. The molecule has 0 unspecified atom stereocenters. The lowest BCUT2D eigenvalue weighted by molar-refractivity contribution is -0.143. The number of likely N-dealkylation sites (tertiary alicyclic amines) is 1. The fourth-order valence-corrected chi connectivity index (χ4v) is 2.68. The van der Waals surface area contributed by atoms with Crippen molar-refractivity contribution >= 4 is 11.9 Å². The molecule has 1 fully saturated rings. The van der Waals surface area contributed by atoms with E-state index >= 15 is 0 Å². The number of amides is 1. The smallest absolute Gasteiger partial charge is 0.326 e. The van der Waals surface area contributed by atoms with Crippen molar-refractivity contribution in [2.45, 2.75) is 31.5 Å². The highest BCUT2D eigenvalue weighted by Crippen LogP contribution is 2.18. The van der Waals surface area contributed by atoms with Gasteiger partial charge in [-0.2, -0.15) is 0 Å². The Bertz CT molecular complexity index is 636. The molecule has 0 saturated carbocycles. The summed E-state index contributed by atoms with van der Waals surface area (Å²) in [6.07, 6.45) is 2.64. The lowest BCUT2D eigenvalue weighted by Crippen LogP contribution is -2.54. The number of ether oxygens (including phenoxy) is 1. The summed E-state index contributed by atoms with van der Waals surface area (Å²) in [6, 6.07) is 1.92. The van der Waals surface area contributed by atoms with E-state index in [1.807, 2.05) is 0 Å². The molecule has 0 aliphatic carbocycles. The fraction of sp³-hybridized carbons (Fsp3) is 0.412. The summed E-state index contributed by atoms with van der Waals surface area (Å²) in [5.74, 6) is -2.11. The summed E-state index contributed by atoms with van der Waals surface area (Å²) in [5, 5.41) is 2.91. The quantitative estimate of drug-likeness (QED) is 0.634. The number of hydrogen-bond donors (Lipinski definition) is 1. The molecule has 7 heteroatoms. The standard InChI is InChI=1S/C17H20F2N2O3/c1-3-14(17(23)24-2)20-15-5-4-8-21(16(15)22)10-11-6-7-12(18)9-13(11)19/h3,6-7,9,14-15,20H,1,4-5,8,10H2,2H3/t14-,15-/m0/s1. The predicted octanol–water partition coefficient (Wildman–Crippen LogP) is 1.77. The van der Waals surface area contributed by atoms with E-state index < -0.39 is 29.7 Å². The number of halogens is 2. The maximum Gasteiger partial charge on any atom is 0.326 e. The molecule has 1 aromatic rings. The average Bonchev–Trinajstić information content (AvgIpc) is 2.57. The Morgan fingerprint density at radius 2 is 2.29 bits per heavy atom. The number of methoxy groups -OCH3 is 1. The van der Waals surface area contributed by atoms with Gasteiger partial charge in [0.25, 0.3) is 0 Å². The van der Waals surface area contributed by atoms with E-state index in [9.17, 15) is 18.4 Å². The number of rotatable bonds is 6. The summed E-state index contributed by atoms with van der Waals surface area (Å²) in [6.45, 7) is 4.09. The van der Waals surface area contributed by atoms with E-state index in [2.05, 4.69) is 16.6 Å². The van der Waals surface area contributed by atoms with Gasteiger partial charge < -0.3 is 9.64 Å². The maximum atomic E-state index is 13.8. The molecule has 0 bridgehead atoms. The van der Waals surface area contributed by atoms with Crippen LogP contribution in [-0.4, -0.2) is 42.5 Å². The molecular formula is C17H20F2N2O3. The normalized spacial score (nSPS) is 19.0. The van der Waals surface area contributed by atoms with E-state index in [0.29, 0.717) is 19.4 Å². The second-order valence-corrected chi connectivity index (χ2v) is 5.59. The van der Waals surface area contributed by atoms with Crippen molar-refractivity contribution in [1.82, 2.24) is 10.2 Å². The average molecular weight is 338 g/mol. The van der Waals surface area contributed by atoms with E-state index in [-0.39, 0.29) is 18.0 Å². The van der Waals surface area contributed by atoms with E-state index in [1.165, 1.54) is 24.2 Å². The van der Waals surface area contributed by atoms with Crippen LogP contribution in [0, 0.1) is 11.6 Å². The molecule has 0 spiro atoms. The van der Waals surface area contributed by atoms with Crippen molar-refractivity contribution in [3.63, 3.8) is 0 Å². The Balaban J connectivity index is 2.06. The highest BCUT2D eigenvalue weighted by atomic mass is 19.1. The van der Waals surface area contributed by atoms with Crippen LogP contribution in [0.25, 0.3) is 0 Å². The zero-order valence-electron chi connectivity index (χ0n) is 13.4. The number of nitrogens with zero attached hydrogens (tertiary/aromatic N) is 1. The van der Waals surface area contributed by atoms with Crippen LogP contribution in [0.2, 0.25) is 0 Å². The molecule has 1 aromatic carbocycles. The molecule has 1 heterocycles. The maximum absolute atomic E-state index is 13.8. The van der Waals surface area contributed by atoms with Crippen molar-refractivity contribution in [3.05, 3.63) is 48.1 Å². The number of carbonyl (C=O) groups excluding carboxylic acids is 2. The first-order chi connectivity index (χ1) is 11.5. The van der Waals surface area contributed by atoms with Crippen molar-refractivity contribution in [3.8, 4) is 0 Å². The van der Waals surface area contributed by atoms with Gasteiger partial charge in [-0.15, -0.1) is 6.58 Å². The van der Waals surface area contributed by atoms with E-state index in [1.54, 1.807) is 0 Å². The molecule has 130 valence electrons. The SMILES string of the molecule is C=C[C@H](N[C@H]1CCCN(Cc2ccc(F)cc2F)C1=O)C(=O)OC. The van der Waals surface area contributed by atoms with Gasteiger partial charge in [0, 0.05) is 24.7 Å². The predicted molar refractivity (Wildman–Crippen MR) is 83.9 cm³/mol. The minimum absolute atomic E-state index is 0.0557. The topological polar surface area (TPSA) is 58.6 Å².